The van der Waals surface area contributed by atoms with Gasteiger partial charge in [-0.3, -0.25) is 9.69 Å². The van der Waals surface area contributed by atoms with Crippen LogP contribution >= 0.6 is 0 Å². The maximum absolute atomic E-state index is 11.4. The third-order valence-corrected chi connectivity index (χ3v) is 3.33. The van der Waals surface area contributed by atoms with Gasteiger partial charge in [-0.25, -0.2) is 0 Å². The molecule has 0 spiro atoms. The second kappa shape index (κ2) is 7.67. The fourth-order valence-corrected chi connectivity index (χ4v) is 2.03. The molecule has 1 atom stereocenters. The summed E-state index contributed by atoms with van der Waals surface area (Å²) in [6.07, 6.45) is 1.60. The number of nitrogens with one attached hydrogen (secondary N) is 1. The van der Waals surface area contributed by atoms with Crippen molar-refractivity contribution in [3.05, 3.63) is 0 Å². The molecule has 0 aromatic heterocycles. The molecule has 0 unspecified atom stereocenters. The van der Waals surface area contributed by atoms with E-state index in [-0.39, 0.29) is 5.91 Å². The Morgan fingerprint density at radius 1 is 1.35 bits per heavy atom. The molecule has 1 N–H and O–H groups in total. The summed E-state index contributed by atoms with van der Waals surface area (Å²) >= 11 is 0. The molecule has 1 aliphatic rings. The molecule has 0 radical (unpaired) electrons. The molecule has 1 amide bonds. The molecule has 1 rings (SSSR count). The first kappa shape index (κ1) is 14.5. The van der Waals surface area contributed by atoms with Crippen molar-refractivity contribution in [1.82, 2.24) is 10.2 Å². The number of ether oxygens (including phenoxy) is 1. The molecule has 1 saturated heterocycles. The van der Waals surface area contributed by atoms with Crippen molar-refractivity contribution in [3.8, 4) is 0 Å². The minimum Gasteiger partial charge on any atom is -0.379 e. The number of hydrogen-bond acceptors (Lipinski definition) is 3. The van der Waals surface area contributed by atoms with E-state index in [1.807, 2.05) is 6.92 Å². The summed E-state index contributed by atoms with van der Waals surface area (Å²) in [7, 11) is 0. The standard InChI is InChI=1S/C13H26N2O2/c1-4-13(16)14-12(11(2)3)5-6-15-7-9-17-10-8-15/h11-12H,4-10H2,1-3H3,(H,14,16)/t12-/m0/s1. The number of carbonyl (C=O) groups excluding carboxylic acids is 1. The number of rotatable bonds is 6. The fraction of sp³-hybridized carbons (Fsp3) is 0.923. The van der Waals surface area contributed by atoms with E-state index in [2.05, 4.69) is 24.1 Å². The molecule has 17 heavy (non-hydrogen) atoms. The average Bonchev–Trinajstić information content (AvgIpc) is 2.35. The number of nitrogens with zero attached hydrogens (tertiary/aromatic N) is 1. The predicted molar refractivity (Wildman–Crippen MR) is 68.9 cm³/mol. The molecule has 1 heterocycles. The number of morpholine rings is 1. The summed E-state index contributed by atoms with van der Waals surface area (Å²) < 4.78 is 5.32. The highest BCUT2D eigenvalue weighted by molar-refractivity contribution is 5.75. The van der Waals surface area contributed by atoms with Gasteiger partial charge in [0.2, 0.25) is 5.91 Å². The normalized spacial score (nSPS) is 19.3. The Kier molecular flexibility index (Phi) is 6.52. The lowest BCUT2D eigenvalue weighted by Gasteiger charge is -2.29. The van der Waals surface area contributed by atoms with Crippen molar-refractivity contribution in [2.75, 3.05) is 32.8 Å². The highest BCUT2D eigenvalue weighted by Crippen LogP contribution is 2.08. The van der Waals surface area contributed by atoms with Crippen LogP contribution in [0.2, 0.25) is 0 Å². The smallest absolute Gasteiger partial charge is 0.219 e. The van der Waals surface area contributed by atoms with Crippen molar-refractivity contribution in [2.24, 2.45) is 5.92 Å². The number of amides is 1. The lowest BCUT2D eigenvalue weighted by Crippen LogP contribution is -2.43. The molecule has 0 bridgehead atoms. The lowest BCUT2D eigenvalue weighted by atomic mass is 10.0. The maximum atomic E-state index is 11.4. The van der Waals surface area contributed by atoms with Crippen LogP contribution in [0.5, 0.6) is 0 Å². The van der Waals surface area contributed by atoms with Gasteiger partial charge in [-0.15, -0.1) is 0 Å². The van der Waals surface area contributed by atoms with Gasteiger partial charge in [0.05, 0.1) is 13.2 Å². The lowest BCUT2D eigenvalue weighted by molar-refractivity contribution is -0.121. The Labute approximate surface area is 105 Å². The van der Waals surface area contributed by atoms with Crippen LogP contribution in [0.3, 0.4) is 0 Å². The van der Waals surface area contributed by atoms with Gasteiger partial charge in [-0.2, -0.15) is 0 Å². The topological polar surface area (TPSA) is 41.6 Å². The van der Waals surface area contributed by atoms with Crippen molar-refractivity contribution >= 4 is 5.91 Å². The van der Waals surface area contributed by atoms with Crippen LogP contribution in [-0.4, -0.2) is 49.7 Å². The van der Waals surface area contributed by atoms with Gasteiger partial charge in [0.1, 0.15) is 0 Å². The van der Waals surface area contributed by atoms with Crippen LogP contribution in [0.25, 0.3) is 0 Å². The Morgan fingerprint density at radius 2 is 2.00 bits per heavy atom. The molecule has 0 aromatic carbocycles. The molecule has 100 valence electrons. The van der Waals surface area contributed by atoms with E-state index < -0.39 is 0 Å². The summed E-state index contributed by atoms with van der Waals surface area (Å²) in [5.41, 5.74) is 0. The summed E-state index contributed by atoms with van der Waals surface area (Å²) in [6, 6.07) is 0.297. The minimum atomic E-state index is 0.158. The highest BCUT2D eigenvalue weighted by atomic mass is 16.5. The zero-order chi connectivity index (χ0) is 12.7. The molecular weight excluding hydrogens is 216 g/mol. The first-order chi connectivity index (χ1) is 8.13. The van der Waals surface area contributed by atoms with Gasteiger partial charge in [0, 0.05) is 32.1 Å². The Hall–Kier alpha value is -0.610. The Balaban J connectivity index is 2.30. The van der Waals surface area contributed by atoms with Gasteiger partial charge in [0.25, 0.3) is 0 Å². The molecule has 1 aliphatic heterocycles. The molecule has 0 aromatic rings. The molecule has 0 aliphatic carbocycles. The average molecular weight is 242 g/mol. The van der Waals surface area contributed by atoms with E-state index in [1.54, 1.807) is 0 Å². The second-order valence-corrected chi connectivity index (χ2v) is 5.01. The van der Waals surface area contributed by atoms with Crippen LogP contribution in [-0.2, 0) is 9.53 Å². The molecule has 4 nitrogen and oxygen atoms in total. The van der Waals surface area contributed by atoms with Crippen molar-refractivity contribution in [1.29, 1.82) is 0 Å². The van der Waals surface area contributed by atoms with Crippen LogP contribution in [0.15, 0.2) is 0 Å². The van der Waals surface area contributed by atoms with E-state index in [4.69, 9.17) is 4.74 Å². The van der Waals surface area contributed by atoms with E-state index in [0.717, 1.165) is 39.3 Å². The molecule has 4 heteroatoms. The summed E-state index contributed by atoms with van der Waals surface area (Å²) in [5, 5.41) is 3.11. The summed E-state index contributed by atoms with van der Waals surface area (Å²) in [5.74, 6) is 0.650. The Morgan fingerprint density at radius 3 is 2.53 bits per heavy atom. The van der Waals surface area contributed by atoms with Crippen molar-refractivity contribution < 1.29 is 9.53 Å². The third-order valence-electron chi connectivity index (χ3n) is 3.33. The quantitative estimate of drug-likeness (QED) is 0.762. The van der Waals surface area contributed by atoms with Gasteiger partial charge in [0.15, 0.2) is 0 Å². The largest absolute Gasteiger partial charge is 0.379 e. The zero-order valence-corrected chi connectivity index (χ0v) is 11.4. The van der Waals surface area contributed by atoms with Gasteiger partial charge in [-0.05, 0) is 12.3 Å². The molecule has 0 saturated carbocycles. The fourth-order valence-electron chi connectivity index (χ4n) is 2.03. The molecular formula is C13H26N2O2. The van der Waals surface area contributed by atoms with Crippen LogP contribution < -0.4 is 5.32 Å². The monoisotopic (exact) mass is 242 g/mol. The molecule has 1 fully saturated rings. The van der Waals surface area contributed by atoms with Gasteiger partial charge < -0.3 is 10.1 Å². The number of carbonyl (C=O) groups is 1. The Bertz CT molecular complexity index is 225. The van der Waals surface area contributed by atoms with Crippen LogP contribution in [0.1, 0.15) is 33.6 Å². The summed E-state index contributed by atoms with van der Waals surface area (Å²) in [4.78, 5) is 13.8. The van der Waals surface area contributed by atoms with E-state index >= 15 is 0 Å². The van der Waals surface area contributed by atoms with E-state index in [1.165, 1.54) is 0 Å². The van der Waals surface area contributed by atoms with Gasteiger partial charge in [-0.1, -0.05) is 20.8 Å². The SMILES string of the molecule is CCC(=O)N[C@@H](CCN1CCOCC1)C(C)C. The second-order valence-electron chi connectivity index (χ2n) is 5.01. The third kappa shape index (κ3) is 5.50. The summed E-state index contributed by atoms with van der Waals surface area (Å²) in [6.45, 7) is 11.0. The first-order valence-electron chi connectivity index (χ1n) is 6.73. The zero-order valence-electron chi connectivity index (χ0n) is 11.4. The van der Waals surface area contributed by atoms with Gasteiger partial charge >= 0.3 is 0 Å². The van der Waals surface area contributed by atoms with E-state index in [9.17, 15) is 4.79 Å². The predicted octanol–water partition coefficient (Wildman–Crippen LogP) is 1.26. The highest BCUT2D eigenvalue weighted by Gasteiger charge is 2.17. The van der Waals surface area contributed by atoms with Crippen molar-refractivity contribution in [3.63, 3.8) is 0 Å². The first-order valence-corrected chi connectivity index (χ1v) is 6.73. The van der Waals surface area contributed by atoms with E-state index in [0.29, 0.717) is 18.4 Å². The van der Waals surface area contributed by atoms with Crippen molar-refractivity contribution in [2.45, 2.75) is 39.7 Å². The van der Waals surface area contributed by atoms with Crippen LogP contribution in [0, 0.1) is 5.92 Å². The van der Waals surface area contributed by atoms with Crippen LogP contribution in [0.4, 0.5) is 0 Å². The minimum absolute atomic E-state index is 0.158. The maximum Gasteiger partial charge on any atom is 0.219 e. The number of hydrogen-bond donors (Lipinski definition) is 1.